The first kappa shape index (κ1) is 34.9. The lowest BCUT2D eigenvalue weighted by molar-refractivity contribution is 0.882. The van der Waals surface area contributed by atoms with Gasteiger partial charge >= 0.3 is 0 Å². The molecule has 0 aromatic heterocycles. The predicted octanol–water partition coefficient (Wildman–Crippen LogP) is 12.9. The second kappa shape index (κ2) is 23.1. The van der Waals surface area contributed by atoms with Crippen LogP contribution in [0.2, 0.25) is 0 Å². The minimum atomic E-state index is 1.09. The molecule has 0 bridgehead atoms. The summed E-state index contributed by atoms with van der Waals surface area (Å²) in [5.74, 6) is 0. The number of allylic oxidation sites excluding steroid dienone is 14. The van der Waals surface area contributed by atoms with E-state index in [1.165, 1.54) is 71.1 Å². The van der Waals surface area contributed by atoms with Gasteiger partial charge in [-0.15, -0.1) is 13.2 Å². The Morgan fingerprint density at radius 3 is 0.811 bits per heavy atom. The summed E-state index contributed by atoms with van der Waals surface area (Å²) in [5.41, 5.74) is 10.4. The smallest absolute Gasteiger partial charge is 0.0288 e. The van der Waals surface area contributed by atoms with Crippen molar-refractivity contribution in [3.05, 3.63) is 94.7 Å². The maximum Gasteiger partial charge on any atom is -0.0288 e. The second-order valence-electron chi connectivity index (χ2n) is 11.3. The van der Waals surface area contributed by atoms with Crippen molar-refractivity contribution in [2.24, 2.45) is 0 Å². The molecule has 0 aliphatic carbocycles. The van der Waals surface area contributed by atoms with Gasteiger partial charge in [-0.2, -0.15) is 0 Å². The summed E-state index contributed by atoms with van der Waals surface area (Å²) in [4.78, 5) is 0. The summed E-state index contributed by atoms with van der Waals surface area (Å²) in [5, 5.41) is 0. The molecule has 0 spiro atoms. The number of rotatable bonds is 21. The van der Waals surface area contributed by atoms with Crippen molar-refractivity contribution in [1.82, 2.24) is 0 Å². The minimum absolute atomic E-state index is 1.09. The van der Waals surface area contributed by atoms with Crippen LogP contribution in [0.5, 0.6) is 0 Å². The van der Waals surface area contributed by atoms with Crippen molar-refractivity contribution < 1.29 is 0 Å². The molecule has 0 N–H and O–H groups in total. The molecular weight excluding hydrogens is 444 g/mol. The fourth-order valence-electron chi connectivity index (χ4n) is 4.24. The van der Waals surface area contributed by atoms with Crippen LogP contribution in [0.1, 0.15) is 138 Å². The summed E-state index contributed by atoms with van der Waals surface area (Å²) in [6.07, 6.45) is 32.7. The van der Waals surface area contributed by atoms with Crippen LogP contribution >= 0.6 is 0 Å². The second-order valence-corrected chi connectivity index (χ2v) is 11.3. The monoisotopic (exact) mass is 504 g/mol. The van der Waals surface area contributed by atoms with Gasteiger partial charge in [-0.3, -0.25) is 0 Å². The van der Waals surface area contributed by atoms with Gasteiger partial charge in [-0.05, 0) is 138 Å². The molecule has 0 rings (SSSR count). The molecule has 0 nitrogen and oxygen atoms in total. The molecule has 0 saturated carbocycles. The van der Waals surface area contributed by atoms with Crippen LogP contribution in [0.3, 0.4) is 0 Å². The summed E-state index contributed by atoms with van der Waals surface area (Å²) in [7, 11) is 0. The Hall–Kier alpha value is -2.08. The molecule has 0 aromatic rings. The van der Waals surface area contributed by atoms with E-state index in [0.29, 0.717) is 0 Å². The topological polar surface area (TPSA) is 0 Å². The lowest BCUT2D eigenvalue weighted by Gasteiger charge is -2.04. The third-order valence-electron chi connectivity index (χ3n) is 6.96. The van der Waals surface area contributed by atoms with Gasteiger partial charge in [-0.1, -0.05) is 81.5 Å². The zero-order chi connectivity index (χ0) is 27.9. The molecule has 0 aliphatic rings. The molecule has 0 unspecified atom stereocenters. The predicted molar refractivity (Wildman–Crippen MR) is 172 cm³/mol. The van der Waals surface area contributed by atoms with Gasteiger partial charge in [0.2, 0.25) is 0 Å². The molecule has 0 fully saturated rings. The molecule has 0 atom stereocenters. The Morgan fingerprint density at radius 1 is 0.378 bits per heavy atom. The fourth-order valence-corrected chi connectivity index (χ4v) is 4.24. The van der Waals surface area contributed by atoms with Crippen LogP contribution in [0.25, 0.3) is 0 Å². The summed E-state index contributed by atoms with van der Waals surface area (Å²) >= 11 is 0. The first-order chi connectivity index (χ1) is 17.6. The van der Waals surface area contributed by atoms with Gasteiger partial charge in [0.25, 0.3) is 0 Å². The van der Waals surface area contributed by atoms with Crippen molar-refractivity contribution in [1.29, 1.82) is 0 Å². The Bertz CT molecular complexity index is 831. The van der Waals surface area contributed by atoms with Crippen LogP contribution < -0.4 is 0 Å². The van der Waals surface area contributed by atoms with Gasteiger partial charge in [0.1, 0.15) is 0 Å². The van der Waals surface area contributed by atoms with Crippen molar-refractivity contribution in [3.8, 4) is 0 Å². The molecule has 0 heteroatoms. The number of hydrogen-bond acceptors (Lipinski definition) is 0. The van der Waals surface area contributed by atoms with E-state index in [0.717, 1.165) is 57.8 Å². The lowest BCUT2D eigenvalue weighted by atomic mass is 10.0. The van der Waals surface area contributed by atoms with Crippen LogP contribution in [-0.2, 0) is 0 Å². The van der Waals surface area contributed by atoms with E-state index in [1.807, 2.05) is 6.08 Å². The zero-order valence-electron chi connectivity index (χ0n) is 25.9. The van der Waals surface area contributed by atoms with E-state index in [2.05, 4.69) is 98.1 Å². The maximum absolute atomic E-state index is 3.98. The van der Waals surface area contributed by atoms with Crippen molar-refractivity contribution >= 4 is 0 Å². The van der Waals surface area contributed by atoms with E-state index in [9.17, 15) is 0 Å². The highest BCUT2D eigenvalue weighted by Gasteiger charge is 1.96. The Balaban J connectivity index is 4.14. The molecule has 37 heavy (non-hydrogen) atoms. The Labute approximate surface area is 232 Å². The molecule has 0 heterocycles. The zero-order valence-corrected chi connectivity index (χ0v) is 25.9. The largest absolute Gasteiger partial charge is 0.103 e. The SMILES string of the molecule is C=CCCC(C)=CCCC(C)=CCCC(C)=CCCC(C)=CCCC(C)=CCCC(C)=CCCC(=C)C. The van der Waals surface area contributed by atoms with E-state index >= 15 is 0 Å². The highest BCUT2D eigenvalue weighted by atomic mass is 14.0. The lowest BCUT2D eigenvalue weighted by Crippen LogP contribution is -1.83. The van der Waals surface area contributed by atoms with Crippen LogP contribution in [0, 0.1) is 0 Å². The molecule has 0 aromatic carbocycles. The standard InChI is InChI=1S/C37H60/c1-10-11-19-32(4)21-13-23-34(6)25-15-27-36(8)29-17-30-37(9)28-16-26-35(7)24-14-22-33(5)20-12-18-31(2)3/h10,20-21,24-25,28-29H,1-2,11-19,22-23,26-27,30H2,3-9H3. The highest BCUT2D eigenvalue weighted by Crippen LogP contribution is 2.16. The summed E-state index contributed by atoms with van der Waals surface area (Å²) in [6, 6.07) is 0. The molecule has 0 radical (unpaired) electrons. The Kier molecular flexibility index (Phi) is 21.8. The molecule has 208 valence electrons. The first-order valence-corrected chi connectivity index (χ1v) is 14.8. The van der Waals surface area contributed by atoms with Gasteiger partial charge in [-0.25, -0.2) is 0 Å². The summed E-state index contributed by atoms with van der Waals surface area (Å²) in [6.45, 7) is 23.5. The van der Waals surface area contributed by atoms with Crippen molar-refractivity contribution in [2.75, 3.05) is 0 Å². The molecule has 0 aliphatic heterocycles. The van der Waals surface area contributed by atoms with Gasteiger partial charge < -0.3 is 0 Å². The minimum Gasteiger partial charge on any atom is -0.103 e. The fraction of sp³-hybridized carbons (Fsp3) is 0.568. The van der Waals surface area contributed by atoms with Gasteiger partial charge in [0.15, 0.2) is 0 Å². The first-order valence-electron chi connectivity index (χ1n) is 14.8. The average molecular weight is 505 g/mol. The maximum atomic E-state index is 3.98. The van der Waals surface area contributed by atoms with Crippen LogP contribution in [0.15, 0.2) is 94.7 Å². The quantitative estimate of drug-likeness (QED) is 0.136. The number of hydrogen-bond donors (Lipinski definition) is 0. The molecule has 0 saturated heterocycles. The van der Waals surface area contributed by atoms with Crippen LogP contribution in [-0.4, -0.2) is 0 Å². The van der Waals surface area contributed by atoms with E-state index in [-0.39, 0.29) is 0 Å². The third kappa shape index (κ3) is 24.0. The van der Waals surface area contributed by atoms with E-state index in [1.54, 1.807) is 0 Å². The van der Waals surface area contributed by atoms with Gasteiger partial charge in [0, 0.05) is 0 Å². The average Bonchev–Trinajstić information content (AvgIpc) is 2.82. The van der Waals surface area contributed by atoms with Crippen molar-refractivity contribution in [3.63, 3.8) is 0 Å². The van der Waals surface area contributed by atoms with E-state index < -0.39 is 0 Å². The molecular formula is C37H60. The highest BCUT2D eigenvalue weighted by molar-refractivity contribution is 5.09. The van der Waals surface area contributed by atoms with E-state index in [4.69, 9.17) is 0 Å². The Morgan fingerprint density at radius 2 is 0.595 bits per heavy atom. The van der Waals surface area contributed by atoms with Crippen LogP contribution in [0.4, 0.5) is 0 Å². The summed E-state index contributed by atoms with van der Waals surface area (Å²) < 4.78 is 0. The third-order valence-corrected chi connectivity index (χ3v) is 6.96. The normalized spacial score (nSPS) is 14.4. The van der Waals surface area contributed by atoms with Gasteiger partial charge in [0.05, 0.1) is 0 Å². The van der Waals surface area contributed by atoms with Crippen molar-refractivity contribution in [2.45, 2.75) is 138 Å². The molecule has 0 amide bonds.